The number of aromatic amines is 1. The number of para-hydroxylation sites is 1. The van der Waals surface area contributed by atoms with Gasteiger partial charge in [0.1, 0.15) is 22.4 Å². The highest BCUT2D eigenvalue weighted by Gasteiger charge is 2.19. The van der Waals surface area contributed by atoms with Crippen LogP contribution >= 0.6 is 0 Å². The van der Waals surface area contributed by atoms with Gasteiger partial charge in [-0.25, -0.2) is 9.19 Å². The fraction of sp³-hybridized carbons (Fsp3) is 0.125. The summed E-state index contributed by atoms with van der Waals surface area (Å²) in [6, 6.07) is 44.0. The SMILES string of the molecule is CN(c1ccc(-c2cnc3[nH]c4ccc(CS(=O)c5ccccc5)cc4c3c2-c2ccccc2)cc1)S(=O)CCCOc1ccccc1. The Labute approximate surface area is 285 Å². The summed E-state index contributed by atoms with van der Waals surface area (Å²) < 4.78 is 33.9. The number of hydrogen-bond acceptors (Lipinski definition) is 4. The molecular formula is C40H35N3O3S2. The summed E-state index contributed by atoms with van der Waals surface area (Å²) >= 11 is 0. The van der Waals surface area contributed by atoms with Crippen LogP contribution in [0.25, 0.3) is 44.2 Å². The second kappa shape index (κ2) is 14.4. The van der Waals surface area contributed by atoms with Crippen LogP contribution in [0, 0.1) is 0 Å². The molecule has 2 aromatic heterocycles. The molecule has 2 unspecified atom stereocenters. The van der Waals surface area contributed by atoms with Crippen molar-refractivity contribution in [3.05, 3.63) is 145 Å². The van der Waals surface area contributed by atoms with Crippen molar-refractivity contribution in [2.45, 2.75) is 17.1 Å². The minimum absolute atomic E-state index is 0.427. The van der Waals surface area contributed by atoms with Gasteiger partial charge in [0.25, 0.3) is 0 Å². The van der Waals surface area contributed by atoms with E-state index in [0.717, 1.165) is 66.1 Å². The van der Waals surface area contributed by atoms with Gasteiger partial charge in [0.05, 0.1) is 23.2 Å². The number of rotatable bonds is 12. The van der Waals surface area contributed by atoms with Crippen molar-refractivity contribution in [1.29, 1.82) is 0 Å². The third-order valence-electron chi connectivity index (χ3n) is 8.37. The molecule has 6 nitrogen and oxygen atoms in total. The largest absolute Gasteiger partial charge is 0.494 e. The third kappa shape index (κ3) is 6.81. The number of pyridine rings is 1. The van der Waals surface area contributed by atoms with Gasteiger partial charge in [-0.15, -0.1) is 0 Å². The number of H-pyrrole nitrogens is 1. The van der Waals surface area contributed by atoms with Crippen molar-refractivity contribution in [3.8, 4) is 28.0 Å². The molecule has 0 radical (unpaired) electrons. The summed E-state index contributed by atoms with van der Waals surface area (Å²) in [6.07, 6.45) is 2.61. The van der Waals surface area contributed by atoms with Crippen LogP contribution in [0.5, 0.6) is 5.75 Å². The molecule has 0 saturated carbocycles. The van der Waals surface area contributed by atoms with Crippen LogP contribution in [0.1, 0.15) is 12.0 Å². The fourth-order valence-corrected chi connectivity index (χ4v) is 8.02. The lowest BCUT2D eigenvalue weighted by Crippen LogP contribution is -2.23. The van der Waals surface area contributed by atoms with E-state index in [4.69, 9.17) is 9.72 Å². The molecule has 0 bridgehead atoms. The number of nitrogens with zero attached hydrogens (tertiary/aromatic N) is 2. The Bertz CT molecular complexity index is 2200. The molecule has 0 aliphatic carbocycles. The van der Waals surface area contributed by atoms with E-state index in [0.29, 0.717) is 24.5 Å². The summed E-state index contributed by atoms with van der Waals surface area (Å²) in [6.45, 7) is 0.514. The van der Waals surface area contributed by atoms with Gasteiger partial charge >= 0.3 is 0 Å². The first-order valence-electron chi connectivity index (χ1n) is 15.9. The van der Waals surface area contributed by atoms with Crippen molar-refractivity contribution in [2.24, 2.45) is 0 Å². The summed E-state index contributed by atoms with van der Waals surface area (Å²) in [4.78, 5) is 9.21. The fourth-order valence-electron chi connectivity index (χ4n) is 5.92. The zero-order chi connectivity index (χ0) is 32.9. The van der Waals surface area contributed by atoms with Crippen molar-refractivity contribution in [3.63, 3.8) is 0 Å². The van der Waals surface area contributed by atoms with Crippen LogP contribution in [0.3, 0.4) is 0 Å². The molecule has 7 rings (SSSR count). The molecule has 7 aromatic rings. The molecular weight excluding hydrogens is 635 g/mol. The van der Waals surface area contributed by atoms with Crippen molar-refractivity contribution in [2.75, 3.05) is 23.7 Å². The zero-order valence-electron chi connectivity index (χ0n) is 26.5. The molecule has 240 valence electrons. The molecule has 0 aliphatic rings. The molecule has 0 amide bonds. The van der Waals surface area contributed by atoms with Gasteiger partial charge in [-0.2, -0.15) is 0 Å². The minimum Gasteiger partial charge on any atom is -0.494 e. The Kier molecular flexibility index (Phi) is 9.45. The van der Waals surface area contributed by atoms with Crippen LogP contribution in [-0.2, 0) is 27.5 Å². The van der Waals surface area contributed by atoms with Gasteiger partial charge in [-0.1, -0.05) is 84.9 Å². The van der Waals surface area contributed by atoms with E-state index >= 15 is 0 Å². The summed E-state index contributed by atoms with van der Waals surface area (Å²) in [7, 11) is -0.483. The van der Waals surface area contributed by atoms with Crippen molar-refractivity contribution in [1.82, 2.24) is 9.97 Å². The maximum absolute atomic E-state index is 13.2. The zero-order valence-corrected chi connectivity index (χ0v) is 28.2. The monoisotopic (exact) mass is 669 g/mol. The molecule has 0 fully saturated rings. The van der Waals surface area contributed by atoms with Gasteiger partial charge < -0.3 is 9.72 Å². The van der Waals surface area contributed by atoms with E-state index in [1.165, 1.54) is 0 Å². The van der Waals surface area contributed by atoms with E-state index in [-0.39, 0.29) is 0 Å². The number of aromatic nitrogens is 2. The molecule has 8 heteroatoms. The Balaban J connectivity index is 1.18. The highest BCUT2D eigenvalue weighted by Crippen LogP contribution is 2.41. The smallest absolute Gasteiger partial charge is 0.138 e. The third-order valence-corrected chi connectivity index (χ3v) is 11.2. The van der Waals surface area contributed by atoms with Crippen LogP contribution in [0.4, 0.5) is 5.69 Å². The van der Waals surface area contributed by atoms with Crippen LogP contribution in [0.2, 0.25) is 0 Å². The lowest BCUT2D eigenvalue weighted by molar-refractivity contribution is 0.318. The van der Waals surface area contributed by atoms with Crippen molar-refractivity contribution < 1.29 is 13.2 Å². The highest BCUT2D eigenvalue weighted by molar-refractivity contribution is 7.86. The normalized spacial score (nSPS) is 12.6. The van der Waals surface area contributed by atoms with Crippen LogP contribution < -0.4 is 9.04 Å². The summed E-state index contributed by atoms with van der Waals surface area (Å²) in [5, 5.41) is 2.07. The second-order valence-electron chi connectivity index (χ2n) is 11.5. The number of benzene rings is 5. The van der Waals surface area contributed by atoms with Crippen LogP contribution in [-0.4, -0.2) is 37.8 Å². The predicted octanol–water partition coefficient (Wildman–Crippen LogP) is 8.93. The quantitative estimate of drug-likeness (QED) is 0.132. The first-order chi connectivity index (χ1) is 23.5. The second-order valence-corrected chi connectivity index (χ2v) is 14.6. The molecule has 5 aromatic carbocycles. The Morgan fingerprint density at radius 2 is 1.46 bits per heavy atom. The van der Waals surface area contributed by atoms with Gasteiger partial charge in [0.15, 0.2) is 0 Å². The van der Waals surface area contributed by atoms with E-state index in [9.17, 15) is 8.42 Å². The average molecular weight is 670 g/mol. The number of fused-ring (bicyclic) bond motifs is 3. The predicted molar refractivity (Wildman–Crippen MR) is 199 cm³/mol. The van der Waals surface area contributed by atoms with E-state index in [1.54, 1.807) is 0 Å². The van der Waals surface area contributed by atoms with E-state index in [2.05, 4.69) is 41.4 Å². The Morgan fingerprint density at radius 3 is 2.19 bits per heavy atom. The molecule has 2 heterocycles. The average Bonchev–Trinajstić information content (AvgIpc) is 3.52. The lowest BCUT2D eigenvalue weighted by atomic mass is 9.92. The number of hydrogen-bond donors (Lipinski definition) is 1. The molecule has 0 spiro atoms. The first kappa shape index (κ1) is 31.5. The van der Waals surface area contributed by atoms with E-state index in [1.807, 2.05) is 115 Å². The molecule has 1 N–H and O–H groups in total. The maximum Gasteiger partial charge on any atom is 0.138 e. The molecule has 0 aliphatic heterocycles. The van der Waals surface area contributed by atoms with Gasteiger partial charge in [-0.3, -0.25) is 8.51 Å². The number of anilines is 1. The standard InChI is InChI=1S/C40H35N3O3S2/c1-43(48(45)25-11-24-46-33-14-7-3-8-15-33)32-21-19-30(20-22-32)36-27-41-40-39(38(36)31-12-5-2-6-13-31)35-26-29(18-23-37(35)42-40)28-47(44)34-16-9-4-10-17-34/h2-10,12-23,26-27H,11,24-25,28H2,1H3,(H,41,42). The summed E-state index contributed by atoms with van der Waals surface area (Å²) in [5.74, 6) is 1.75. The summed E-state index contributed by atoms with van der Waals surface area (Å²) in [5.41, 5.74) is 7.84. The Morgan fingerprint density at radius 1 is 0.771 bits per heavy atom. The number of ether oxygens (including phenoxy) is 1. The maximum atomic E-state index is 13.2. The molecule has 2 atom stereocenters. The van der Waals surface area contributed by atoms with Gasteiger partial charge in [0, 0.05) is 57.0 Å². The molecule has 0 saturated heterocycles. The van der Waals surface area contributed by atoms with Crippen molar-refractivity contribution >= 4 is 49.4 Å². The number of nitrogens with one attached hydrogen (secondary N) is 1. The first-order valence-corrected chi connectivity index (χ1v) is 18.5. The minimum atomic E-state index is -1.19. The Hall–Kier alpha value is -5.05. The van der Waals surface area contributed by atoms with E-state index < -0.39 is 21.8 Å². The molecule has 48 heavy (non-hydrogen) atoms. The topological polar surface area (TPSA) is 75.3 Å². The van der Waals surface area contributed by atoms with Gasteiger partial charge in [0.2, 0.25) is 0 Å². The highest BCUT2D eigenvalue weighted by atomic mass is 32.2. The van der Waals surface area contributed by atoms with Gasteiger partial charge in [-0.05, 0) is 71.6 Å². The van der Waals surface area contributed by atoms with Crippen LogP contribution in [0.15, 0.2) is 145 Å². The lowest BCUT2D eigenvalue weighted by Gasteiger charge is -2.19.